The Morgan fingerprint density at radius 3 is 1.16 bits per heavy atom. The van der Waals surface area contributed by atoms with Gasteiger partial charge in [-0.05, 0) is 65.5 Å². The fourth-order valence-corrected chi connectivity index (χ4v) is 24.9. The molecule has 0 spiro atoms. The van der Waals surface area contributed by atoms with Crippen LogP contribution in [0.25, 0.3) is 0 Å². The standard InChI is InChI=1S/C6H24O8Si6.C2H6Cl2Si.C2H14O7Si4/c1-15(7)9-17-11-18(10-16(2)8)13-20(5,6)14-19(3,4)12-17;1-5(2,3)4;1-10(3)7-12(5)9-13(6)8-11(2)4/h7-8,15-18H,1-6H3;1-2H3;3-6,10-13H,1-2H3. The van der Waals surface area contributed by atoms with Crippen molar-refractivity contribution in [2.24, 2.45) is 0 Å². The van der Waals surface area contributed by atoms with Crippen LogP contribution in [0.4, 0.5) is 0 Å². The molecule has 1 aliphatic rings. The average Bonchev–Trinajstić information content (AvgIpc) is 2.54. The van der Waals surface area contributed by atoms with E-state index in [2.05, 4.69) is 12.3 Å². The van der Waals surface area contributed by atoms with Crippen molar-refractivity contribution in [1.82, 2.24) is 0 Å². The highest BCUT2D eigenvalue weighted by molar-refractivity contribution is 7.44. The van der Waals surface area contributed by atoms with Crippen LogP contribution in [-0.2, 0) is 37.0 Å². The summed E-state index contributed by atoms with van der Waals surface area (Å²) in [5.74, 6) is 0. The molecule has 232 valence electrons. The van der Waals surface area contributed by atoms with Crippen LogP contribution in [0.3, 0.4) is 0 Å². The Balaban J connectivity index is 0. The molecule has 1 aliphatic heterocycles. The Morgan fingerprint density at radius 1 is 0.632 bits per heavy atom. The third-order valence-corrected chi connectivity index (χ3v) is 26.5. The highest BCUT2D eigenvalue weighted by Gasteiger charge is 2.46. The maximum Gasteiger partial charge on any atom is 0.464 e. The van der Waals surface area contributed by atoms with Gasteiger partial charge >= 0.3 is 92.4 Å². The van der Waals surface area contributed by atoms with E-state index in [1.807, 2.05) is 39.3 Å². The monoisotopic (exact) mass is 782 g/mol. The van der Waals surface area contributed by atoms with Crippen LogP contribution in [0.1, 0.15) is 0 Å². The van der Waals surface area contributed by atoms with E-state index in [1.165, 1.54) is 13.1 Å². The second-order valence-electron chi connectivity index (χ2n) is 8.87. The van der Waals surface area contributed by atoms with Crippen LogP contribution in [0.2, 0.25) is 65.5 Å². The summed E-state index contributed by atoms with van der Waals surface area (Å²) >= 11 is 10.9. The van der Waals surface area contributed by atoms with Crippen molar-refractivity contribution in [2.75, 3.05) is 0 Å². The molecule has 28 heteroatoms. The van der Waals surface area contributed by atoms with Crippen molar-refractivity contribution in [2.45, 2.75) is 65.5 Å². The molecule has 0 amide bonds. The zero-order chi connectivity index (χ0) is 30.5. The van der Waals surface area contributed by atoms with Gasteiger partial charge in [-0.15, -0.1) is 22.2 Å². The van der Waals surface area contributed by atoms with Crippen molar-refractivity contribution in [3.8, 4) is 0 Å². The van der Waals surface area contributed by atoms with Gasteiger partial charge in [0.05, 0.1) is 0 Å². The number of hydrogen-bond acceptors (Lipinski definition) is 15. The first kappa shape index (κ1) is 42.5. The zero-order valence-corrected chi connectivity index (χ0v) is 37.0. The van der Waals surface area contributed by atoms with Crippen molar-refractivity contribution < 1.29 is 65.8 Å². The third kappa shape index (κ3) is 29.8. The van der Waals surface area contributed by atoms with Crippen LogP contribution in [0, 0.1) is 0 Å². The molecule has 0 aliphatic carbocycles. The van der Waals surface area contributed by atoms with Crippen molar-refractivity contribution in [3.05, 3.63) is 0 Å². The van der Waals surface area contributed by atoms with E-state index in [-0.39, 0.29) is 0 Å². The lowest BCUT2D eigenvalue weighted by molar-refractivity contribution is 0.170. The molecule has 0 aromatic carbocycles. The van der Waals surface area contributed by atoms with Crippen LogP contribution in [0.5, 0.6) is 0 Å². The number of halogens is 2. The summed E-state index contributed by atoms with van der Waals surface area (Å²) in [5, 5.41) is 0. The highest BCUT2D eigenvalue weighted by atomic mass is 35.7. The quantitative estimate of drug-likeness (QED) is 0.0962. The maximum absolute atomic E-state index is 9.48. The Labute approximate surface area is 251 Å². The summed E-state index contributed by atoms with van der Waals surface area (Å²) in [5.41, 5.74) is 0. The van der Waals surface area contributed by atoms with Gasteiger partial charge in [-0.3, -0.25) is 0 Å². The summed E-state index contributed by atoms with van der Waals surface area (Å²) < 4.78 is 48.0. The molecule has 38 heavy (non-hydrogen) atoms. The predicted octanol–water partition coefficient (Wildman–Crippen LogP) is -3.07. The van der Waals surface area contributed by atoms with Crippen molar-refractivity contribution >= 4 is 121 Å². The minimum absolute atomic E-state index is 1.44. The molecule has 0 bridgehead atoms. The van der Waals surface area contributed by atoms with Crippen LogP contribution < -0.4 is 0 Å². The van der Waals surface area contributed by atoms with E-state index in [9.17, 15) is 9.59 Å². The van der Waals surface area contributed by atoms with Gasteiger partial charge in [-0.25, -0.2) is 0 Å². The van der Waals surface area contributed by atoms with Crippen LogP contribution in [0.15, 0.2) is 0 Å². The Morgan fingerprint density at radius 2 is 0.921 bits per heavy atom. The minimum atomic E-state index is -2.97. The summed E-state index contributed by atoms with van der Waals surface area (Å²) in [4.78, 5) is 54.5. The van der Waals surface area contributed by atoms with E-state index in [0.717, 1.165) is 0 Å². The van der Waals surface area contributed by atoms with E-state index in [1.54, 1.807) is 13.1 Å². The van der Waals surface area contributed by atoms with E-state index < -0.39 is 99.1 Å². The molecule has 8 atom stereocenters. The first-order chi connectivity index (χ1) is 16.9. The second kappa shape index (κ2) is 20.3. The SMILES string of the molecule is C[SiH](O)O[SiH](O)O[SiH](O)O[SiH](C)O.C[SiH](O)O[SiH]1O[SiH](O[SiH](C)O)O[Si](C)(C)O[Si](C)(C)O1.C[Si](C)(Cl)Cl. The molecule has 1 fully saturated rings. The molecular formula is C10H44Cl2O15Si11. The molecule has 1 rings (SSSR count). The molecule has 8 unspecified atom stereocenters. The summed E-state index contributed by atoms with van der Waals surface area (Å²) in [7, 11) is -25.2. The molecule has 15 nitrogen and oxygen atoms in total. The topological polar surface area (TPSA) is 204 Å². The van der Waals surface area contributed by atoms with Gasteiger partial charge in [0.25, 0.3) is 0 Å². The molecule has 0 radical (unpaired) electrons. The molecular weight excluding hydrogens is 740 g/mol. The van der Waals surface area contributed by atoms with Crippen LogP contribution in [-0.4, -0.2) is 128 Å². The van der Waals surface area contributed by atoms with Gasteiger partial charge in [0.15, 0.2) is 0 Å². The molecule has 0 saturated carbocycles. The second-order valence-corrected chi connectivity index (χ2v) is 39.8. The van der Waals surface area contributed by atoms with Gasteiger partial charge in [0, 0.05) is 0 Å². The molecule has 0 aromatic heterocycles. The van der Waals surface area contributed by atoms with Crippen molar-refractivity contribution in [3.63, 3.8) is 0 Å². The number of hydrogen-bond donors (Lipinski definition) is 6. The first-order valence-corrected chi connectivity index (χ1v) is 36.3. The van der Waals surface area contributed by atoms with E-state index in [4.69, 9.17) is 66.0 Å². The largest absolute Gasteiger partial charge is 0.464 e. The molecule has 1 saturated heterocycles. The van der Waals surface area contributed by atoms with Crippen molar-refractivity contribution in [1.29, 1.82) is 0 Å². The fourth-order valence-electron chi connectivity index (χ4n) is 2.19. The summed E-state index contributed by atoms with van der Waals surface area (Å²) in [6.07, 6.45) is 0. The first-order valence-electron chi connectivity index (χ1n) is 11.4. The van der Waals surface area contributed by atoms with Gasteiger partial charge in [-0.2, -0.15) is 0 Å². The zero-order valence-electron chi connectivity index (χ0n) is 23.2. The summed E-state index contributed by atoms with van der Waals surface area (Å²) in [6, 6.07) is 0. The molecule has 0 aromatic rings. The van der Waals surface area contributed by atoms with E-state index in [0.29, 0.717) is 0 Å². The molecule has 6 N–H and O–H groups in total. The Bertz CT molecular complexity index is 573. The maximum atomic E-state index is 9.48. The third-order valence-electron chi connectivity index (χ3n) is 2.95. The van der Waals surface area contributed by atoms with E-state index >= 15 is 0 Å². The minimum Gasteiger partial charge on any atom is -0.416 e. The van der Waals surface area contributed by atoms with Crippen LogP contribution >= 0.6 is 22.2 Å². The Hall–Kier alpha value is 2.37. The summed E-state index contributed by atoms with van der Waals surface area (Å²) in [6.45, 7) is 15.8. The predicted molar refractivity (Wildman–Crippen MR) is 168 cm³/mol. The van der Waals surface area contributed by atoms with Gasteiger partial charge in [0.2, 0.25) is 6.69 Å². The highest BCUT2D eigenvalue weighted by Crippen LogP contribution is 2.23. The van der Waals surface area contributed by atoms with Gasteiger partial charge in [-0.1, -0.05) is 0 Å². The van der Waals surface area contributed by atoms with Gasteiger partial charge in [0.1, 0.15) is 0 Å². The smallest absolute Gasteiger partial charge is 0.416 e. The average molecular weight is 784 g/mol. The lowest BCUT2D eigenvalue weighted by Gasteiger charge is -2.40. The lowest BCUT2D eigenvalue weighted by Crippen LogP contribution is -2.60. The molecule has 1 heterocycles. The van der Waals surface area contributed by atoms with Gasteiger partial charge < -0.3 is 65.8 Å². The lowest BCUT2D eigenvalue weighted by atomic mass is 11.9. The Kier molecular flexibility index (Phi) is 22.8. The number of rotatable bonds is 10. The fraction of sp³-hybridized carbons (Fsp3) is 1.00. The normalized spacial score (nSPS) is 26.1.